The van der Waals surface area contributed by atoms with E-state index < -0.39 is 11.8 Å². The van der Waals surface area contributed by atoms with E-state index in [0.717, 1.165) is 5.56 Å². The van der Waals surface area contributed by atoms with Crippen molar-refractivity contribution in [3.8, 4) is 11.5 Å². The maximum Gasteiger partial charge on any atom is 0.329 e. The third-order valence-electron chi connectivity index (χ3n) is 4.63. The molecule has 0 aliphatic heterocycles. The fourth-order valence-corrected chi connectivity index (χ4v) is 3.29. The monoisotopic (exact) mass is 528 g/mol. The van der Waals surface area contributed by atoms with E-state index in [2.05, 4.69) is 21.2 Å². The highest BCUT2D eigenvalue weighted by Crippen LogP contribution is 2.29. The number of amides is 3. The molecule has 36 heavy (non-hydrogen) atoms. The largest absolute Gasteiger partial charge is 0.493 e. The Hall–Kier alpha value is -4.08. The van der Waals surface area contributed by atoms with Crippen molar-refractivity contribution in [2.24, 2.45) is 5.10 Å². The molecule has 0 spiro atoms. The highest BCUT2D eigenvalue weighted by Gasteiger charge is 2.15. The third-order valence-corrected chi connectivity index (χ3v) is 5.45. The van der Waals surface area contributed by atoms with Gasteiger partial charge in [0, 0.05) is 5.69 Å². The first-order valence-electron chi connectivity index (χ1n) is 10.5. The molecule has 186 valence electrons. The van der Waals surface area contributed by atoms with Crippen LogP contribution in [0.5, 0.6) is 11.5 Å². The van der Waals surface area contributed by atoms with Crippen molar-refractivity contribution in [1.82, 2.24) is 5.43 Å². The lowest BCUT2D eigenvalue weighted by Crippen LogP contribution is -2.32. The molecular formula is C25H22Cl2N4O5. The van der Waals surface area contributed by atoms with Crippen molar-refractivity contribution < 1.29 is 23.9 Å². The molecule has 0 saturated carbocycles. The van der Waals surface area contributed by atoms with Gasteiger partial charge in [-0.3, -0.25) is 14.4 Å². The minimum absolute atomic E-state index is 0.117. The summed E-state index contributed by atoms with van der Waals surface area (Å²) in [4.78, 5) is 36.3. The molecule has 0 radical (unpaired) electrons. The molecule has 9 nitrogen and oxygen atoms in total. The zero-order valence-corrected chi connectivity index (χ0v) is 20.8. The number of aryl methyl sites for hydroxylation is 1. The van der Waals surface area contributed by atoms with Crippen LogP contribution >= 0.6 is 23.2 Å². The van der Waals surface area contributed by atoms with E-state index in [1.165, 1.54) is 19.4 Å². The SMILES string of the molecule is COc1cc(/C=N\NC(=O)C(=O)Nc2cccc(Cl)c2Cl)ccc1OCC(=O)Nc1cccc(C)c1. The smallest absolute Gasteiger partial charge is 0.329 e. The van der Waals surface area contributed by atoms with Gasteiger partial charge in [0.1, 0.15) is 0 Å². The quantitative estimate of drug-likeness (QED) is 0.227. The van der Waals surface area contributed by atoms with Crippen LogP contribution in [0, 0.1) is 6.92 Å². The number of hydrogen-bond acceptors (Lipinski definition) is 6. The molecule has 3 aromatic carbocycles. The maximum absolute atomic E-state index is 12.2. The minimum atomic E-state index is -1.01. The third kappa shape index (κ3) is 7.46. The van der Waals surface area contributed by atoms with Crippen LogP contribution in [-0.2, 0) is 14.4 Å². The van der Waals surface area contributed by atoms with E-state index in [9.17, 15) is 14.4 Å². The van der Waals surface area contributed by atoms with Crippen LogP contribution in [-0.4, -0.2) is 37.7 Å². The van der Waals surface area contributed by atoms with Gasteiger partial charge in [-0.1, -0.05) is 41.4 Å². The summed E-state index contributed by atoms with van der Waals surface area (Å²) in [7, 11) is 1.45. The second-order valence-electron chi connectivity index (χ2n) is 7.37. The Morgan fingerprint density at radius 2 is 1.72 bits per heavy atom. The number of hydrogen-bond donors (Lipinski definition) is 3. The molecule has 0 bridgehead atoms. The summed E-state index contributed by atoms with van der Waals surface area (Å²) in [5.41, 5.74) is 4.56. The van der Waals surface area contributed by atoms with Gasteiger partial charge in [0.15, 0.2) is 18.1 Å². The van der Waals surface area contributed by atoms with E-state index in [-0.39, 0.29) is 28.2 Å². The Morgan fingerprint density at radius 1 is 0.944 bits per heavy atom. The van der Waals surface area contributed by atoms with Gasteiger partial charge in [-0.15, -0.1) is 0 Å². The van der Waals surface area contributed by atoms with E-state index in [0.29, 0.717) is 22.7 Å². The summed E-state index contributed by atoms with van der Waals surface area (Å²) in [5, 5.41) is 9.24. The van der Waals surface area contributed by atoms with Crippen LogP contribution in [0.4, 0.5) is 11.4 Å². The Balaban J connectivity index is 1.54. The van der Waals surface area contributed by atoms with Crippen LogP contribution < -0.4 is 25.5 Å². The normalized spacial score (nSPS) is 10.6. The Labute approximate surface area is 217 Å². The number of anilines is 2. The first-order chi connectivity index (χ1) is 17.3. The van der Waals surface area contributed by atoms with Crippen molar-refractivity contribution in [3.05, 3.63) is 81.8 Å². The average molecular weight is 529 g/mol. The Bertz CT molecular complexity index is 1310. The molecule has 0 saturated heterocycles. The number of hydrazone groups is 1. The Morgan fingerprint density at radius 3 is 2.47 bits per heavy atom. The van der Waals surface area contributed by atoms with Crippen molar-refractivity contribution in [2.75, 3.05) is 24.4 Å². The summed E-state index contributed by atoms with van der Waals surface area (Å²) >= 11 is 11.9. The predicted molar refractivity (Wildman–Crippen MR) is 139 cm³/mol. The molecule has 0 atom stereocenters. The summed E-state index contributed by atoms with van der Waals surface area (Å²) < 4.78 is 10.9. The fourth-order valence-electron chi connectivity index (χ4n) is 2.94. The number of benzene rings is 3. The summed E-state index contributed by atoms with van der Waals surface area (Å²) in [6.07, 6.45) is 1.31. The topological polar surface area (TPSA) is 118 Å². The van der Waals surface area contributed by atoms with Crippen LogP contribution in [0.15, 0.2) is 65.8 Å². The molecular weight excluding hydrogens is 507 g/mol. The van der Waals surface area contributed by atoms with Gasteiger partial charge < -0.3 is 20.1 Å². The first kappa shape index (κ1) is 26.5. The van der Waals surface area contributed by atoms with E-state index in [4.69, 9.17) is 32.7 Å². The molecule has 3 amide bonds. The molecule has 0 aliphatic rings. The lowest BCUT2D eigenvalue weighted by Gasteiger charge is -2.11. The first-order valence-corrected chi connectivity index (χ1v) is 11.3. The van der Waals surface area contributed by atoms with Crippen molar-refractivity contribution >= 4 is 58.5 Å². The summed E-state index contributed by atoms with van der Waals surface area (Å²) in [6, 6.07) is 16.9. The minimum Gasteiger partial charge on any atom is -0.493 e. The predicted octanol–water partition coefficient (Wildman–Crippen LogP) is 4.42. The summed E-state index contributed by atoms with van der Waals surface area (Å²) in [5.74, 6) is -1.61. The molecule has 0 heterocycles. The van der Waals surface area contributed by atoms with Crippen LogP contribution in [0.1, 0.15) is 11.1 Å². The molecule has 3 N–H and O–H groups in total. The molecule has 0 fully saturated rings. The van der Waals surface area contributed by atoms with Gasteiger partial charge in [0.05, 0.1) is 29.1 Å². The maximum atomic E-state index is 12.2. The van der Waals surface area contributed by atoms with Crippen molar-refractivity contribution in [1.29, 1.82) is 0 Å². The Kier molecular flexibility index (Phi) is 9.26. The molecule has 0 unspecified atom stereocenters. The number of ether oxygens (including phenoxy) is 2. The van der Waals surface area contributed by atoms with E-state index in [1.54, 1.807) is 36.4 Å². The number of methoxy groups -OCH3 is 1. The summed E-state index contributed by atoms with van der Waals surface area (Å²) in [6.45, 7) is 1.71. The second-order valence-corrected chi connectivity index (χ2v) is 8.16. The zero-order chi connectivity index (χ0) is 26.1. The molecule has 3 rings (SSSR count). The zero-order valence-electron chi connectivity index (χ0n) is 19.3. The highest BCUT2D eigenvalue weighted by molar-refractivity contribution is 6.45. The average Bonchev–Trinajstić information content (AvgIpc) is 2.85. The van der Waals surface area contributed by atoms with Gasteiger partial charge >= 0.3 is 11.8 Å². The number of nitrogens with one attached hydrogen (secondary N) is 3. The van der Waals surface area contributed by atoms with Gasteiger partial charge in [0.25, 0.3) is 5.91 Å². The van der Waals surface area contributed by atoms with E-state index >= 15 is 0 Å². The van der Waals surface area contributed by atoms with Crippen molar-refractivity contribution in [3.63, 3.8) is 0 Å². The number of carbonyl (C=O) groups excluding carboxylic acids is 3. The van der Waals surface area contributed by atoms with Gasteiger partial charge in [-0.25, -0.2) is 5.43 Å². The van der Waals surface area contributed by atoms with Crippen molar-refractivity contribution in [2.45, 2.75) is 6.92 Å². The lowest BCUT2D eigenvalue weighted by molar-refractivity contribution is -0.136. The molecule has 11 heteroatoms. The van der Waals surface area contributed by atoms with Crippen LogP contribution in [0.2, 0.25) is 10.0 Å². The van der Waals surface area contributed by atoms with Gasteiger partial charge in [0.2, 0.25) is 0 Å². The lowest BCUT2D eigenvalue weighted by atomic mass is 10.2. The number of carbonyl (C=O) groups is 3. The number of halogens is 2. The molecule has 0 aromatic heterocycles. The van der Waals surface area contributed by atoms with Crippen LogP contribution in [0.3, 0.4) is 0 Å². The standard InChI is InChI=1S/C25H22Cl2N4O5/c1-15-5-3-6-17(11-15)29-22(32)14-36-20-10-9-16(12-21(20)35-2)13-28-31-25(34)24(33)30-19-8-4-7-18(26)23(19)27/h3-13H,14H2,1-2H3,(H,29,32)(H,30,33)(H,31,34)/b28-13-. The van der Waals surface area contributed by atoms with Crippen LogP contribution in [0.25, 0.3) is 0 Å². The van der Waals surface area contributed by atoms with E-state index in [1.807, 2.05) is 25.1 Å². The van der Waals surface area contributed by atoms with Gasteiger partial charge in [-0.05, 0) is 60.5 Å². The highest BCUT2D eigenvalue weighted by atomic mass is 35.5. The second kappa shape index (κ2) is 12.6. The van der Waals surface area contributed by atoms with Gasteiger partial charge in [-0.2, -0.15) is 5.10 Å². The molecule has 3 aromatic rings. The molecule has 0 aliphatic carbocycles. The fraction of sp³-hybridized carbons (Fsp3) is 0.120. The number of nitrogens with zero attached hydrogens (tertiary/aromatic N) is 1. The number of rotatable bonds is 8.